The van der Waals surface area contributed by atoms with Gasteiger partial charge in [0.25, 0.3) is 6.43 Å². The van der Waals surface area contributed by atoms with Crippen LogP contribution < -0.4 is 10.6 Å². The Labute approximate surface area is 150 Å². The molecule has 1 aliphatic rings. The van der Waals surface area contributed by atoms with Gasteiger partial charge in [-0.25, -0.2) is 8.78 Å². The number of benzene rings is 1. The molecule has 0 aliphatic carbocycles. The predicted molar refractivity (Wildman–Crippen MR) is 99.4 cm³/mol. The number of anilines is 1. The van der Waals surface area contributed by atoms with Crippen LogP contribution in [0.5, 0.6) is 0 Å². The van der Waals surface area contributed by atoms with Crippen LogP contribution in [0.3, 0.4) is 0 Å². The van der Waals surface area contributed by atoms with Crippen molar-refractivity contribution in [1.82, 2.24) is 15.3 Å². The lowest BCUT2D eigenvalue weighted by molar-refractivity contribution is 0.146. The number of rotatable bonds is 4. The van der Waals surface area contributed by atoms with E-state index < -0.39 is 6.43 Å². The monoisotopic (exact) mass is 354 g/mol. The van der Waals surface area contributed by atoms with Crippen LogP contribution in [0.4, 0.5) is 14.5 Å². The summed E-state index contributed by atoms with van der Waals surface area (Å²) in [5, 5.41) is 9.13. The molecule has 0 amide bonds. The van der Waals surface area contributed by atoms with E-state index in [2.05, 4.69) is 26.7 Å². The summed E-state index contributed by atoms with van der Waals surface area (Å²) in [6.07, 6.45) is 4.72. The van der Waals surface area contributed by atoms with Crippen LogP contribution in [0.1, 0.15) is 25.0 Å². The van der Waals surface area contributed by atoms with Crippen molar-refractivity contribution in [1.29, 1.82) is 0 Å². The Bertz CT molecular complexity index is 890. The number of pyridine rings is 2. The second-order valence-electron chi connectivity index (χ2n) is 6.56. The summed E-state index contributed by atoms with van der Waals surface area (Å²) in [6, 6.07) is 9.57. The van der Waals surface area contributed by atoms with E-state index in [-0.39, 0.29) is 5.69 Å². The highest BCUT2D eigenvalue weighted by Crippen LogP contribution is 2.32. The molecule has 4 rings (SSSR count). The summed E-state index contributed by atoms with van der Waals surface area (Å²) in [5.41, 5.74) is 2.59. The van der Waals surface area contributed by atoms with Gasteiger partial charge in [0.2, 0.25) is 0 Å². The third-order valence-electron chi connectivity index (χ3n) is 4.80. The molecule has 3 heterocycles. The zero-order valence-electron chi connectivity index (χ0n) is 14.3. The third-order valence-corrected chi connectivity index (χ3v) is 4.80. The number of halogens is 2. The second-order valence-corrected chi connectivity index (χ2v) is 6.56. The highest BCUT2D eigenvalue weighted by Gasteiger charge is 2.15. The van der Waals surface area contributed by atoms with E-state index in [1.807, 2.05) is 18.3 Å². The maximum Gasteiger partial charge on any atom is 0.280 e. The number of alkyl halides is 2. The van der Waals surface area contributed by atoms with Crippen molar-refractivity contribution >= 4 is 16.5 Å². The summed E-state index contributed by atoms with van der Waals surface area (Å²) >= 11 is 0. The van der Waals surface area contributed by atoms with Gasteiger partial charge >= 0.3 is 0 Å². The van der Waals surface area contributed by atoms with Crippen LogP contribution in [0.25, 0.3) is 21.9 Å². The Morgan fingerprint density at radius 3 is 2.62 bits per heavy atom. The molecule has 0 radical (unpaired) electrons. The Hall–Kier alpha value is -2.60. The smallest absolute Gasteiger partial charge is 0.280 e. The molecule has 1 fully saturated rings. The van der Waals surface area contributed by atoms with Crippen LogP contribution in [-0.2, 0) is 0 Å². The highest BCUT2D eigenvalue weighted by molar-refractivity contribution is 5.97. The summed E-state index contributed by atoms with van der Waals surface area (Å²) in [5.74, 6) is 0. The first-order valence-corrected chi connectivity index (χ1v) is 8.80. The third kappa shape index (κ3) is 3.51. The minimum absolute atomic E-state index is 0.202. The number of piperidine rings is 1. The van der Waals surface area contributed by atoms with Crippen LogP contribution in [-0.4, -0.2) is 29.1 Å². The van der Waals surface area contributed by atoms with Crippen molar-refractivity contribution in [2.45, 2.75) is 25.3 Å². The predicted octanol–water partition coefficient (Wildman–Crippen LogP) is 4.40. The molecule has 0 atom stereocenters. The largest absolute Gasteiger partial charge is 0.382 e. The zero-order valence-corrected chi connectivity index (χ0v) is 14.3. The average molecular weight is 354 g/mol. The van der Waals surface area contributed by atoms with Gasteiger partial charge in [0.1, 0.15) is 5.69 Å². The lowest BCUT2D eigenvalue weighted by Crippen LogP contribution is -2.35. The number of fused-ring (bicyclic) bond motifs is 1. The first-order valence-electron chi connectivity index (χ1n) is 8.80. The molecule has 0 unspecified atom stereocenters. The minimum Gasteiger partial charge on any atom is -0.382 e. The van der Waals surface area contributed by atoms with Crippen molar-refractivity contribution in [3.05, 3.63) is 54.6 Å². The maximum absolute atomic E-state index is 12.7. The van der Waals surface area contributed by atoms with E-state index in [9.17, 15) is 8.78 Å². The molecular formula is C20H20F2N4. The Morgan fingerprint density at radius 2 is 1.88 bits per heavy atom. The van der Waals surface area contributed by atoms with Crippen molar-refractivity contribution in [3.8, 4) is 11.1 Å². The van der Waals surface area contributed by atoms with Crippen molar-refractivity contribution in [3.63, 3.8) is 0 Å². The van der Waals surface area contributed by atoms with Gasteiger partial charge in [0.05, 0.1) is 0 Å². The minimum atomic E-state index is -2.55. The van der Waals surface area contributed by atoms with Gasteiger partial charge in [-0.1, -0.05) is 6.07 Å². The molecule has 134 valence electrons. The summed E-state index contributed by atoms with van der Waals surface area (Å²) in [7, 11) is 0. The van der Waals surface area contributed by atoms with Crippen LogP contribution in [0.15, 0.2) is 48.9 Å². The molecular weight excluding hydrogens is 334 g/mol. The van der Waals surface area contributed by atoms with Gasteiger partial charge in [-0.3, -0.25) is 9.97 Å². The first kappa shape index (κ1) is 16.8. The van der Waals surface area contributed by atoms with E-state index in [4.69, 9.17) is 0 Å². The molecule has 1 saturated heterocycles. The fourth-order valence-electron chi connectivity index (χ4n) is 3.38. The molecule has 2 N–H and O–H groups in total. The second kappa shape index (κ2) is 7.33. The maximum atomic E-state index is 12.7. The molecule has 1 aliphatic heterocycles. The quantitative estimate of drug-likeness (QED) is 0.729. The molecule has 3 aromatic rings. The summed E-state index contributed by atoms with van der Waals surface area (Å²) in [6.45, 7) is 2.01. The van der Waals surface area contributed by atoms with Crippen LogP contribution in [0.2, 0.25) is 0 Å². The molecule has 0 bridgehead atoms. The standard InChI is InChI=1S/C20H20F2N4/c21-20(22)18-2-1-14(11-25-18)15-9-13-3-6-24-12-17(13)19(10-15)26-16-4-7-23-8-5-16/h1-3,6,9-12,16,20,23,26H,4-5,7-8H2. The molecule has 1 aromatic carbocycles. The number of hydrogen-bond donors (Lipinski definition) is 2. The topological polar surface area (TPSA) is 49.8 Å². The van der Waals surface area contributed by atoms with Gasteiger partial charge in [-0.15, -0.1) is 0 Å². The molecule has 0 spiro atoms. The summed E-state index contributed by atoms with van der Waals surface area (Å²) in [4.78, 5) is 8.14. The SMILES string of the molecule is FC(F)c1ccc(-c2cc(NC3CCNCC3)c3cnccc3c2)cn1. The number of aromatic nitrogens is 2. The van der Waals surface area contributed by atoms with Crippen molar-refractivity contribution in [2.75, 3.05) is 18.4 Å². The summed E-state index contributed by atoms with van der Waals surface area (Å²) < 4.78 is 25.5. The van der Waals surface area contributed by atoms with Gasteiger partial charge in [0, 0.05) is 41.3 Å². The van der Waals surface area contributed by atoms with Crippen LogP contribution in [0, 0.1) is 0 Å². The van der Waals surface area contributed by atoms with E-state index >= 15 is 0 Å². The zero-order chi connectivity index (χ0) is 17.9. The normalized spacial score (nSPS) is 15.5. The molecule has 26 heavy (non-hydrogen) atoms. The highest BCUT2D eigenvalue weighted by atomic mass is 19.3. The Kier molecular flexibility index (Phi) is 4.75. The first-order chi connectivity index (χ1) is 12.7. The fourth-order valence-corrected chi connectivity index (χ4v) is 3.38. The van der Waals surface area contributed by atoms with E-state index in [1.165, 1.54) is 12.3 Å². The molecule has 6 heteroatoms. The molecule has 0 saturated carbocycles. The van der Waals surface area contributed by atoms with Gasteiger partial charge in [-0.2, -0.15) is 0 Å². The van der Waals surface area contributed by atoms with Crippen molar-refractivity contribution < 1.29 is 8.78 Å². The van der Waals surface area contributed by atoms with Crippen molar-refractivity contribution in [2.24, 2.45) is 0 Å². The molecule has 4 nitrogen and oxygen atoms in total. The number of hydrogen-bond acceptors (Lipinski definition) is 4. The Balaban J connectivity index is 1.73. The lowest BCUT2D eigenvalue weighted by atomic mass is 10.00. The fraction of sp³-hybridized carbons (Fsp3) is 0.300. The lowest BCUT2D eigenvalue weighted by Gasteiger charge is -2.25. The number of nitrogens with zero attached hydrogens (tertiary/aromatic N) is 2. The molecule has 2 aromatic heterocycles. The van der Waals surface area contributed by atoms with Gasteiger partial charge < -0.3 is 10.6 Å². The van der Waals surface area contributed by atoms with E-state index in [1.54, 1.807) is 12.3 Å². The number of nitrogens with one attached hydrogen (secondary N) is 2. The van der Waals surface area contributed by atoms with E-state index in [0.29, 0.717) is 6.04 Å². The van der Waals surface area contributed by atoms with Crippen LogP contribution >= 0.6 is 0 Å². The van der Waals surface area contributed by atoms with Gasteiger partial charge in [0.15, 0.2) is 0 Å². The van der Waals surface area contributed by atoms with Gasteiger partial charge in [-0.05, 0) is 61.1 Å². The van der Waals surface area contributed by atoms with E-state index in [0.717, 1.165) is 53.5 Å². The Morgan fingerprint density at radius 1 is 1.04 bits per heavy atom. The average Bonchev–Trinajstić information content (AvgIpc) is 2.69.